The van der Waals surface area contributed by atoms with E-state index in [-0.39, 0.29) is 0 Å². The number of hydrogen-bond donors (Lipinski definition) is 1. The summed E-state index contributed by atoms with van der Waals surface area (Å²) in [6.45, 7) is 1.16. The summed E-state index contributed by atoms with van der Waals surface area (Å²) >= 11 is 5.92. The Morgan fingerprint density at radius 2 is 2.21 bits per heavy atom. The van der Waals surface area contributed by atoms with E-state index in [2.05, 4.69) is 62.0 Å². The molecule has 0 unspecified atom stereocenters. The van der Waals surface area contributed by atoms with E-state index in [9.17, 15) is 0 Å². The largest absolute Gasteiger partial charge is 0.310 e. The van der Waals surface area contributed by atoms with Gasteiger partial charge in [0.25, 0.3) is 0 Å². The summed E-state index contributed by atoms with van der Waals surface area (Å²) in [4.78, 5) is 0. The van der Waals surface area contributed by atoms with Gasteiger partial charge in [0.05, 0.1) is 0 Å². The molecule has 0 aromatic heterocycles. The van der Waals surface area contributed by atoms with Crippen LogP contribution in [0.25, 0.3) is 0 Å². The minimum absolute atomic E-state index is 0.567. The normalized spacial score (nSPS) is 22.3. The second kappa shape index (κ2) is 4.94. The van der Waals surface area contributed by atoms with Crippen LogP contribution in [0.15, 0.2) is 22.7 Å². The highest BCUT2D eigenvalue weighted by Gasteiger charge is 2.14. The predicted molar refractivity (Wildman–Crippen MR) is 71.5 cm³/mol. The van der Waals surface area contributed by atoms with E-state index in [1.54, 1.807) is 0 Å². The quantitative estimate of drug-likeness (QED) is 0.745. The van der Waals surface area contributed by atoms with Crippen molar-refractivity contribution in [1.82, 2.24) is 5.32 Å². The van der Waals surface area contributed by atoms with E-state index in [0.29, 0.717) is 6.04 Å². The van der Waals surface area contributed by atoms with Crippen LogP contribution in [0.3, 0.4) is 0 Å². The number of nitrogens with one attached hydrogen (secondary N) is 1. The Balaban J connectivity index is 2.18. The second-order valence-electron chi connectivity index (χ2n) is 3.68. The van der Waals surface area contributed by atoms with Crippen LogP contribution >= 0.6 is 38.5 Å². The number of hydrogen-bond acceptors (Lipinski definition) is 1. The molecular formula is C11H13BrIN. The zero-order valence-corrected chi connectivity index (χ0v) is 11.6. The highest BCUT2D eigenvalue weighted by Crippen LogP contribution is 2.27. The molecule has 1 atom stereocenters. The first kappa shape index (κ1) is 10.9. The van der Waals surface area contributed by atoms with Crippen molar-refractivity contribution in [2.75, 3.05) is 6.54 Å². The first-order valence-corrected chi connectivity index (χ1v) is 6.83. The molecule has 0 spiro atoms. The lowest BCUT2D eigenvalue weighted by atomic mass is 9.98. The van der Waals surface area contributed by atoms with E-state index >= 15 is 0 Å². The Kier molecular flexibility index (Phi) is 3.85. The predicted octanol–water partition coefficient (Wildman–Crippen LogP) is 3.87. The molecule has 0 saturated carbocycles. The van der Waals surface area contributed by atoms with Crippen molar-refractivity contribution in [2.45, 2.75) is 25.3 Å². The smallest absolute Gasteiger partial charge is 0.0320 e. The minimum atomic E-state index is 0.567. The van der Waals surface area contributed by atoms with Crippen LogP contribution in [0.1, 0.15) is 30.9 Å². The van der Waals surface area contributed by atoms with Gasteiger partial charge in [-0.15, -0.1) is 0 Å². The molecule has 1 saturated heterocycles. The lowest BCUT2D eigenvalue weighted by Gasteiger charge is -2.24. The maximum Gasteiger partial charge on any atom is 0.0320 e. The van der Waals surface area contributed by atoms with Crippen molar-refractivity contribution < 1.29 is 0 Å². The molecular weight excluding hydrogens is 353 g/mol. The van der Waals surface area contributed by atoms with E-state index in [4.69, 9.17) is 0 Å². The summed E-state index contributed by atoms with van der Waals surface area (Å²) < 4.78 is 2.49. The molecule has 1 aliphatic heterocycles. The molecule has 3 heteroatoms. The molecule has 1 aliphatic rings. The Bertz CT molecular complexity index is 321. The van der Waals surface area contributed by atoms with Crippen molar-refractivity contribution in [3.05, 3.63) is 31.8 Å². The molecule has 0 bridgehead atoms. The number of halogens is 2. The number of piperidine rings is 1. The van der Waals surface area contributed by atoms with E-state index < -0.39 is 0 Å². The van der Waals surface area contributed by atoms with Crippen LogP contribution in [-0.2, 0) is 0 Å². The zero-order chi connectivity index (χ0) is 9.97. The minimum Gasteiger partial charge on any atom is -0.310 e. The zero-order valence-electron chi connectivity index (χ0n) is 7.89. The molecule has 0 radical (unpaired) electrons. The van der Waals surface area contributed by atoms with Gasteiger partial charge in [-0.3, -0.25) is 0 Å². The highest BCUT2D eigenvalue weighted by molar-refractivity contribution is 14.1. The van der Waals surface area contributed by atoms with Crippen LogP contribution in [0, 0.1) is 3.57 Å². The maximum atomic E-state index is 3.58. The topological polar surface area (TPSA) is 12.0 Å². The third-order valence-electron chi connectivity index (χ3n) is 2.66. The SMILES string of the molecule is Brc1cc([C@H]2CCCCN2)ccc1I. The summed E-state index contributed by atoms with van der Waals surface area (Å²) in [5.74, 6) is 0. The van der Waals surface area contributed by atoms with Crippen molar-refractivity contribution in [3.63, 3.8) is 0 Å². The van der Waals surface area contributed by atoms with Gasteiger partial charge in [-0.05, 0) is 75.6 Å². The molecule has 14 heavy (non-hydrogen) atoms. The van der Waals surface area contributed by atoms with Gasteiger partial charge in [0.2, 0.25) is 0 Å². The molecule has 1 heterocycles. The summed E-state index contributed by atoms with van der Waals surface area (Å²) in [6, 6.07) is 7.22. The molecule has 1 aromatic rings. The molecule has 1 aromatic carbocycles. The van der Waals surface area contributed by atoms with Crippen molar-refractivity contribution in [1.29, 1.82) is 0 Å². The lowest BCUT2D eigenvalue weighted by molar-refractivity contribution is 0.412. The Morgan fingerprint density at radius 1 is 1.36 bits per heavy atom. The highest BCUT2D eigenvalue weighted by atomic mass is 127. The van der Waals surface area contributed by atoms with Gasteiger partial charge in [0.1, 0.15) is 0 Å². The van der Waals surface area contributed by atoms with E-state index in [0.717, 1.165) is 6.54 Å². The molecule has 76 valence electrons. The Labute approximate surface area is 107 Å². The van der Waals surface area contributed by atoms with E-state index in [1.807, 2.05) is 0 Å². The third-order valence-corrected chi connectivity index (χ3v) is 4.99. The van der Waals surface area contributed by atoms with Crippen LogP contribution in [-0.4, -0.2) is 6.54 Å². The number of rotatable bonds is 1. The summed E-state index contributed by atoms with van der Waals surface area (Å²) in [6.07, 6.45) is 3.94. The van der Waals surface area contributed by atoms with Gasteiger partial charge in [-0.25, -0.2) is 0 Å². The first-order valence-electron chi connectivity index (χ1n) is 4.96. The summed E-state index contributed by atoms with van der Waals surface area (Å²) in [5, 5.41) is 3.56. The first-order chi connectivity index (χ1) is 6.77. The van der Waals surface area contributed by atoms with Gasteiger partial charge >= 0.3 is 0 Å². The van der Waals surface area contributed by atoms with Gasteiger partial charge in [-0.1, -0.05) is 12.5 Å². The molecule has 2 rings (SSSR count). The maximum absolute atomic E-state index is 3.58. The van der Waals surface area contributed by atoms with Crippen LogP contribution in [0.2, 0.25) is 0 Å². The van der Waals surface area contributed by atoms with Crippen molar-refractivity contribution in [3.8, 4) is 0 Å². The molecule has 0 aliphatic carbocycles. The second-order valence-corrected chi connectivity index (χ2v) is 5.69. The van der Waals surface area contributed by atoms with E-state index in [1.165, 1.54) is 32.9 Å². The fraction of sp³-hybridized carbons (Fsp3) is 0.455. The van der Waals surface area contributed by atoms with Gasteiger partial charge in [0, 0.05) is 14.1 Å². The van der Waals surface area contributed by atoms with Crippen LogP contribution in [0.5, 0.6) is 0 Å². The third kappa shape index (κ3) is 2.49. The standard InChI is InChI=1S/C11H13BrIN/c12-9-7-8(4-5-10(9)13)11-3-1-2-6-14-11/h4-5,7,11,14H,1-3,6H2/t11-/m1/s1. The van der Waals surface area contributed by atoms with Gasteiger partial charge in [0.15, 0.2) is 0 Å². The molecule has 1 N–H and O–H groups in total. The number of benzene rings is 1. The van der Waals surface area contributed by atoms with Crippen molar-refractivity contribution >= 4 is 38.5 Å². The molecule has 1 nitrogen and oxygen atoms in total. The monoisotopic (exact) mass is 365 g/mol. The molecule has 0 amide bonds. The average Bonchev–Trinajstić information content (AvgIpc) is 2.23. The lowest BCUT2D eigenvalue weighted by Crippen LogP contribution is -2.26. The van der Waals surface area contributed by atoms with Gasteiger partial charge < -0.3 is 5.32 Å². The fourth-order valence-corrected chi connectivity index (χ4v) is 2.60. The van der Waals surface area contributed by atoms with Gasteiger partial charge in [-0.2, -0.15) is 0 Å². The Hall–Kier alpha value is 0.390. The van der Waals surface area contributed by atoms with Crippen LogP contribution in [0.4, 0.5) is 0 Å². The molecule has 1 fully saturated rings. The summed E-state index contributed by atoms with van der Waals surface area (Å²) in [5.41, 5.74) is 1.41. The van der Waals surface area contributed by atoms with Crippen molar-refractivity contribution in [2.24, 2.45) is 0 Å². The van der Waals surface area contributed by atoms with Crippen LogP contribution < -0.4 is 5.32 Å². The average molecular weight is 366 g/mol. The Morgan fingerprint density at radius 3 is 2.86 bits per heavy atom. The fourth-order valence-electron chi connectivity index (χ4n) is 1.87. The summed E-state index contributed by atoms with van der Waals surface area (Å²) in [7, 11) is 0.